The lowest BCUT2D eigenvalue weighted by Gasteiger charge is -2.19. The van der Waals surface area contributed by atoms with Gasteiger partial charge < -0.3 is 5.73 Å². The van der Waals surface area contributed by atoms with Gasteiger partial charge in [0.1, 0.15) is 0 Å². The van der Waals surface area contributed by atoms with Crippen molar-refractivity contribution in [2.45, 2.75) is 25.3 Å². The molecule has 0 saturated carbocycles. The van der Waals surface area contributed by atoms with E-state index in [9.17, 15) is 0 Å². The van der Waals surface area contributed by atoms with E-state index in [2.05, 4.69) is 29.2 Å². The third-order valence-electron chi connectivity index (χ3n) is 4.00. The number of rotatable bonds is 3. The first-order chi connectivity index (χ1) is 9.24. The molecule has 3 heteroatoms. The number of hydrogen-bond acceptors (Lipinski definition) is 2. The molecule has 0 aliphatic heterocycles. The van der Waals surface area contributed by atoms with Crippen molar-refractivity contribution in [2.75, 3.05) is 0 Å². The Morgan fingerprint density at radius 2 is 1.89 bits per heavy atom. The van der Waals surface area contributed by atoms with Crippen LogP contribution in [0.15, 0.2) is 42.7 Å². The van der Waals surface area contributed by atoms with Gasteiger partial charge in [0.2, 0.25) is 0 Å². The van der Waals surface area contributed by atoms with Crippen LogP contribution in [0.3, 0.4) is 0 Å². The standard InChI is InChI=1S/C16H17ClN2/c17-15-10-19-6-5-13(15)9-16(18)14-7-11-3-1-2-4-12(11)8-14/h1-6,10,14,16H,7-9,18H2. The van der Waals surface area contributed by atoms with Crippen molar-refractivity contribution in [3.63, 3.8) is 0 Å². The molecule has 1 aromatic heterocycles. The molecular formula is C16H17ClN2. The monoisotopic (exact) mass is 272 g/mol. The highest BCUT2D eigenvalue weighted by Gasteiger charge is 2.26. The van der Waals surface area contributed by atoms with E-state index in [1.54, 1.807) is 12.4 Å². The molecule has 1 atom stereocenters. The maximum Gasteiger partial charge on any atom is 0.0621 e. The number of nitrogens with two attached hydrogens (primary N) is 1. The van der Waals surface area contributed by atoms with E-state index >= 15 is 0 Å². The zero-order chi connectivity index (χ0) is 13.2. The van der Waals surface area contributed by atoms with Gasteiger partial charge >= 0.3 is 0 Å². The van der Waals surface area contributed by atoms with Gasteiger partial charge in [-0.15, -0.1) is 0 Å². The maximum atomic E-state index is 6.38. The molecule has 3 rings (SSSR count). The van der Waals surface area contributed by atoms with Crippen LogP contribution in [0.1, 0.15) is 16.7 Å². The summed E-state index contributed by atoms with van der Waals surface area (Å²) in [4.78, 5) is 4.01. The minimum Gasteiger partial charge on any atom is -0.327 e. The van der Waals surface area contributed by atoms with E-state index in [0.717, 1.165) is 24.8 Å². The molecule has 0 saturated heterocycles. The van der Waals surface area contributed by atoms with Gasteiger partial charge in [0, 0.05) is 18.4 Å². The lowest BCUT2D eigenvalue weighted by Crippen LogP contribution is -2.32. The second kappa shape index (κ2) is 5.32. The summed E-state index contributed by atoms with van der Waals surface area (Å²) in [5.41, 5.74) is 10.4. The SMILES string of the molecule is NC(Cc1ccncc1Cl)C1Cc2ccccc2C1. The van der Waals surface area contributed by atoms with Crippen molar-refractivity contribution in [1.29, 1.82) is 0 Å². The predicted octanol–water partition coefficient (Wildman–Crippen LogP) is 3.02. The van der Waals surface area contributed by atoms with Crippen LogP contribution in [-0.4, -0.2) is 11.0 Å². The number of fused-ring (bicyclic) bond motifs is 1. The Bertz CT molecular complexity index is 557. The van der Waals surface area contributed by atoms with Crippen molar-refractivity contribution in [1.82, 2.24) is 4.98 Å². The van der Waals surface area contributed by atoms with E-state index < -0.39 is 0 Å². The molecule has 19 heavy (non-hydrogen) atoms. The van der Waals surface area contributed by atoms with Crippen molar-refractivity contribution in [3.8, 4) is 0 Å². The fourth-order valence-electron chi connectivity index (χ4n) is 2.89. The van der Waals surface area contributed by atoms with Crippen LogP contribution < -0.4 is 5.73 Å². The molecule has 0 amide bonds. The van der Waals surface area contributed by atoms with Gasteiger partial charge in [0.05, 0.1) is 5.02 Å². The average molecular weight is 273 g/mol. The lowest BCUT2D eigenvalue weighted by molar-refractivity contribution is 0.437. The van der Waals surface area contributed by atoms with Crippen molar-refractivity contribution in [3.05, 3.63) is 64.4 Å². The largest absolute Gasteiger partial charge is 0.327 e. The molecule has 1 aliphatic rings. The number of hydrogen-bond donors (Lipinski definition) is 1. The fraction of sp³-hybridized carbons (Fsp3) is 0.312. The molecule has 1 aliphatic carbocycles. The molecule has 0 fully saturated rings. The number of nitrogens with zero attached hydrogens (tertiary/aromatic N) is 1. The first-order valence-electron chi connectivity index (χ1n) is 6.65. The van der Waals surface area contributed by atoms with Crippen LogP contribution in [0.5, 0.6) is 0 Å². The quantitative estimate of drug-likeness (QED) is 0.933. The van der Waals surface area contributed by atoms with Gasteiger partial charge in [0.25, 0.3) is 0 Å². The summed E-state index contributed by atoms with van der Waals surface area (Å²) in [6.45, 7) is 0. The van der Waals surface area contributed by atoms with E-state index in [4.69, 9.17) is 17.3 Å². The number of pyridine rings is 1. The second-order valence-corrected chi connectivity index (χ2v) is 5.68. The van der Waals surface area contributed by atoms with Gasteiger partial charge in [0.15, 0.2) is 0 Å². The Labute approximate surface area is 118 Å². The number of aromatic nitrogens is 1. The minimum atomic E-state index is 0.146. The van der Waals surface area contributed by atoms with E-state index in [0.29, 0.717) is 10.9 Å². The van der Waals surface area contributed by atoms with E-state index in [1.807, 2.05) is 6.07 Å². The highest BCUT2D eigenvalue weighted by Crippen LogP contribution is 2.29. The molecule has 2 nitrogen and oxygen atoms in total. The molecule has 1 heterocycles. The summed E-state index contributed by atoms with van der Waals surface area (Å²) >= 11 is 6.15. The molecule has 0 spiro atoms. The molecule has 0 bridgehead atoms. The van der Waals surface area contributed by atoms with Crippen LogP contribution >= 0.6 is 11.6 Å². The van der Waals surface area contributed by atoms with Gasteiger partial charge in [-0.1, -0.05) is 35.9 Å². The third kappa shape index (κ3) is 2.65. The predicted molar refractivity (Wildman–Crippen MR) is 78.3 cm³/mol. The summed E-state index contributed by atoms with van der Waals surface area (Å²) in [7, 11) is 0. The summed E-state index contributed by atoms with van der Waals surface area (Å²) in [5, 5.41) is 0.716. The summed E-state index contributed by atoms with van der Waals surface area (Å²) in [6, 6.07) is 10.7. The molecule has 0 radical (unpaired) electrons. The minimum absolute atomic E-state index is 0.146. The third-order valence-corrected chi connectivity index (χ3v) is 4.34. The van der Waals surface area contributed by atoms with Gasteiger partial charge in [-0.25, -0.2) is 0 Å². The summed E-state index contributed by atoms with van der Waals surface area (Å²) in [6.07, 6.45) is 6.45. The molecule has 1 unspecified atom stereocenters. The van der Waals surface area contributed by atoms with Crippen LogP contribution in [0.4, 0.5) is 0 Å². The van der Waals surface area contributed by atoms with Crippen LogP contribution in [0.2, 0.25) is 5.02 Å². The number of benzene rings is 1. The fourth-order valence-corrected chi connectivity index (χ4v) is 3.08. The maximum absolute atomic E-state index is 6.38. The number of halogens is 1. The van der Waals surface area contributed by atoms with Crippen molar-refractivity contribution < 1.29 is 0 Å². The molecule has 2 aromatic rings. The topological polar surface area (TPSA) is 38.9 Å². The van der Waals surface area contributed by atoms with Gasteiger partial charge in [-0.2, -0.15) is 0 Å². The van der Waals surface area contributed by atoms with E-state index in [-0.39, 0.29) is 6.04 Å². The Balaban J connectivity index is 1.70. The van der Waals surface area contributed by atoms with Gasteiger partial charge in [-0.3, -0.25) is 4.98 Å². The molecular weight excluding hydrogens is 256 g/mol. The first-order valence-corrected chi connectivity index (χ1v) is 7.02. The highest BCUT2D eigenvalue weighted by atomic mass is 35.5. The lowest BCUT2D eigenvalue weighted by atomic mass is 9.92. The molecule has 1 aromatic carbocycles. The Morgan fingerprint density at radius 3 is 2.53 bits per heavy atom. The Hall–Kier alpha value is -1.38. The normalized spacial score (nSPS) is 16.3. The summed E-state index contributed by atoms with van der Waals surface area (Å²) < 4.78 is 0. The van der Waals surface area contributed by atoms with Crippen LogP contribution in [-0.2, 0) is 19.3 Å². The first kappa shape index (κ1) is 12.6. The zero-order valence-corrected chi connectivity index (χ0v) is 11.5. The zero-order valence-electron chi connectivity index (χ0n) is 10.7. The highest BCUT2D eigenvalue weighted by molar-refractivity contribution is 6.31. The summed E-state index contributed by atoms with van der Waals surface area (Å²) in [5.74, 6) is 0.515. The van der Waals surface area contributed by atoms with Crippen LogP contribution in [0, 0.1) is 5.92 Å². The smallest absolute Gasteiger partial charge is 0.0621 e. The van der Waals surface area contributed by atoms with Crippen LogP contribution in [0.25, 0.3) is 0 Å². The second-order valence-electron chi connectivity index (χ2n) is 5.27. The van der Waals surface area contributed by atoms with Gasteiger partial charge in [-0.05, 0) is 47.9 Å². The molecule has 98 valence electrons. The van der Waals surface area contributed by atoms with Crippen molar-refractivity contribution >= 4 is 11.6 Å². The molecule has 2 N–H and O–H groups in total. The average Bonchev–Trinajstić information content (AvgIpc) is 2.85. The van der Waals surface area contributed by atoms with Crippen molar-refractivity contribution in [2.24, 2.45) is 11.7 Å². The van der Waals surface area contributed by atoms with E-state index in [1.165, 1.54) is 11.1 Å². The Morgan fingerprint density at radius 1 is 1.21 bits per heavy atom. The Kier molecular flexibility index (Phi) is 3.54.